The summed E-state index contributed by atoms with van der Waals surface area (Å²) in [5, 5.41) is 21.1. The fraction of sp³-hybridized carbons (Fsp3) is 0.389. The van der Waals surface area contributed by atoms with Crippen molar-refractivity contribution in [3.8, 4) is 0 Å². The molecule has 136 valence electrons. The van der Waals surface area contributed by atoms with Crippen molar-refractivity contribution in [2.75, 3.05) is 19.6 Å². The van der Waals surface area contributed by atoms with Crippen molar-refractivity contribution in [1.82, 2.24) is 20.5 Å². The van der Waals surface area contributed by atoms with Gasteiger partial charge >= 0.3 is 0 Å². The number of carbonyl (C=O) groups is 1. The van der Waals surface area contributed by atoms with Crippen LogP contribution >= 0.6 is 0 Å². The minimum Gasteiger partial charge on any atom is -0.459 e. The van der Waals surface area contributed by atoms with Gasteiger partial charge in [-0.25, -0.2) is 4.63 Å². The van der Waals surface area contributed by atoms with Crippen LogP contribution in [0.25, 0.3) is 11.0 Å². The maximum absolute atomic E-state index is 11.9. The fourth-order valence-electron chi connectivity index (χ4n) is 3.38. The molecule has 8 heteroatoms. The number of piperidine rings is 1. The molecule has 1 aliphatic rings. The van der Waals surface area contributed by atoms with Gasteiger partial charge in [0, 0.05) is 25.6 Å². The number of β-amino-alcohol motifs (C(OH)–C–C–N with tert-alkyl or cyclic N) is 1. The van der Waals surface area contributed by atoms with Gasteiger partial charge in [0.15, 0.2) is 5.76 Å². The van der Waals surface area contributed by atoms with Crippen LogP contribution in [0.5, 0.6) is 0 Å². The van der Waals surface area contributed by atoms with Gasteiger partial charge in [0.2, 0.25) is 0 Å². The van der Waals surface area contributed by atoms with E-state index in [1.807, 2.05) is 18.2 Å². The average molecular weight is 356 g/mol. The summed E-state index contributed by atoms with van der Waals surface area (Å²) in [6, 6.07) is 9.07. The summed E-state index contributed by atoms with van der Waals surface area (Å²) in [6.07, 6.45) is 1.76. The first-order valence-corrected chi connectivity index (χ1v) is 8.63. The summed E-state index contributed by atoms with van der Waals surface area (Å²) in [6.45, 7) is 2.48. The highest BCUT2D eigenvalue weighted by Crippen LogP contribution is 2.22. The predicted octanol–water partition coefficient (Wildman–Crippen LogP) is 1.43. The number of aliphatic hydroxyl groups is 1. The second kappa shape index (κ2) is 7.27. The molecule has 0 aliphatic carbocycles. The van der Waals surface area contributed by atoms with Crippen LogP contribution in [-0.2, 0) is 6.54 Å². The van der Waals surface area contributed by atoms with E-state index in [0.717, 1.165) is 29.6 Å². The van der Waals surface area contributed by atoms with Crippen LogP contribution in [0.4, 0.5) is 0 Å². The quantitative estimate of drug-likeness (QED) is 0.712. The number of hydrogen-bond donors (Lipinski definition) is 2. The molecule has 2 unspecified atom stereocenters. The summed E-state index contributed by atoms with van der Waals surface area (Å²) < 4.78 is 9.87. The zero-order valence-electron chi connectivity index (χ0n) is 14.2. The second-order valence-corrected chi connectivity index (χ2v) is 6.59. The molecular formula is C18H20N4O4. The SMILES string of the molecule is O=C(NCC1CCN(Cc2cccc3nonc23)CC1O)c1ccco1. The van der Waals surface area contributed by atoms with Crippen molar-refractivity contribution < 1.29 is 18.9 Å². The number of benzene rings is 1. The minimum atomic E-state index is -0.504. The Bertz CT molecular complexity index is 876. The Kier molecular flexibility index (Phi) is 4.68. The topological polar surface area (TPSA) is 105 Å². The fourth-order valence-corrected chi connectivity index (χ4v) is 3.38. The van der Waals surface area contributed by atoms with Gasteiger partial charge in [0.1, 0.15) is 11.0 Å². The zero-order chi connectivity index (χ0) is 17.9. The summed E-state index contributed by atoms with van der Waals surface area (Å²) >= 11 is 0. The number of likely N-dealkylation sites (tertiary alicyclic amines) is 1. The smallest absolute Gasteiger partial charge is 0.286 e. The Morgan fingerprint density at radius 1 is 1.31 bits per heavy atom. The van der Waals surface area contributed by atoms with Gasteiger partial charge in [0.25, 0.3) is 5.91 Å². The largest absolute Gasteiger partial charge is 0.459 e. The van der Waals surface area contributed by atoms with Gasteiger partial charge in [-0.05, 0) is 47.0 Å². The molecule has 3 aromatic rings. The number of furan rings is 1. The van der Waals surface area contributed by atoms with Crippen molar-refractivity contribution in [3.05, 3.63) is 47.9 Å². The van der Waals surface area contributed by atoms with Crippen LogP contribution in [0.2, 0.25) is 0 Å². The molecule has 26 heavy (non-hydrogen) atoms. The van der Waals surface area contributed by atoms with E-state index < -0.39 is 6.10 Å². The highest BCUT2D eigenvalue weighted by Gasteiger charge is 2.28. The minimum absolute atomic E-state index is 0.0228. The number of hydrogen-bond acceptors (Lipinski definition) is 7. The lowest BCUT2D eigenvalue weighted by atomic mass is 9.93. The van der Waals surface area contributed by atoms with Gasteiger partial charge < -0.3 is 14.8 Å². The van der Waals surface area contributed by atoms with Crippen LogP contribution in [-0.4, -0.2) is 52.0 Å². The van der Waals surface area contributed by atoms with Gasteiger partial charge in [0.05, 0.1) is 12.4 Å². The lowest BCUT2D eigenvalue weighted by Gasteiger charge is -2.36. The standard InChI is InChI=1S/C18H20N4O4/c23-15-11-22(10-13-3-1-4-14-17(13)21-26-20-14)7-6-12(15)9-19-18(24)16-5-2-8-25-16/h1-5,8,12,15,23H,6-7,9-11H2,(H,19,24). The van der Waals surface area contributed by atoms with Crippen molar-refractivity contribution in [1.29, 1.82) is 0 Å². The van der Waals surface area contributed by atoms with Gasteiger partial charge in [-0.15, -0.1) is 0 Å². The molecule has 1 aromatic carbocycles. The van der Waals surface area contributed by atoms with E-state index in [9.17, 15) is 9.90 Å². The number of nitrogens with one attached hydrogen (secondary N) is 1. The zero-order valence-corrected chi connectivity index (χ0v) is 14.2. The number of amides is 1. The first-order valence-electron chi connectivity index (χ1n) is 8.63. The van der Waals surface area contributed by atoms with Crippen molar-refractivity contribution in [3.63, 3.8) is 0 Å². The molecule has 3 heterocycles. The monoisotopic (exact) mass is 356 g/mol. The first kappa shape index (κ1) is 16.7. The first-order chi connectivity index (χ1) is 12.7. The van der Waals surface area contributed by atoms with E-state index in [1.54, 1.807) is 12.1 Å². The Labute approximate surface area is 149 Å². The Morgan fingerprint density at radius 2 is 2.23 bits per heavy atom. The van der Waals surface area contributed by atoms with Gasteiger partial charge in [-0.1, -0.05) is 12.1 Å². The third kappa shape index (κ3) is 3.47. The molecule has 2 atom stereocenters. The lowest BCUT2D eigenvalue weighted by molar-refractivity contribution is 0.0190. The molecule has 0 saturated carbocycles. The number of aromatic nitrogens is 2. The van der Waals surface area contributed by atoms with Crippen molar-refractivity contribution in [2.24, 2.45) is 5.92 Å². The Balaban J connectivity index is 1.32. The van der Waals surface area contributed by atoms with Crippen LogP contribution in [0.1, 0.15) is 22.5 Å². The molecule has 1 amide bonds. The Hall–Kier alpha value is -2.71. The number of fused-ring (bicyclic) bond motifs is 1. The third-order valence-corrected chi connectivity index (χ3v) is 4.84. The van der Waals surface area contributed by atoms with Crippen molar-refractivity contribution >= 4 is 16.9 Å². The molecule has 8 nitrogen and oxygen atoms in total. The van der Waals surface area contributed by atoms with Crippen LogP contribution in [0.3, 0.4) is 0 Å². The maximum Gasteiger partial charge on any atom is 0.286 e. The molecule has 1 aliphatic heterocycles. The van der Waals surface area contributed by atoms with E-state index in [4.69, 9.17) is 9.05 Å². The second-order valence-electron chi connectivity index (χ2n) is 6.59. The van der Waals surface area contributed by atoms with Gasteiger partial charge in [-0.3, -0.25) is 9.69 Å². The van der Waals surface area contributed by atoms with Crippen LogP contribution in [0.15, 0.2) is 45.6 Å². The molecule has 1 saturated heterocycles. The highest BCUT2D eigenvalue weighted by atomic mass is 16.6. The number of carbonyl (C=O) groups excluding carboxylic acids is 1. The molecule has 0 bridgehead atoms. The van der Waals surface area contributed by atoms with E-state index in [0.29, 0.717) is 19.6 Å². The van der Waals surface area contributed by atoms with E-state index in [1.165, 1.54) is 6.26 Å². The van der Waals surface area contributed by atoms with Crippen LogP contribution in [0, 0.1) is 5.92 Å². The van der Waals surface area contributed by atoms with Crippen molar-refractivity contribution in [2.45, 2.75) is 19.1 Å². The molecule has 4 rings (SSSR count). The highest BCUT2D eigenvalue weighted by molar-refractivity contribution is 5.91. The average Bonchev–Trinajstić information content (AvgIpc) is 3.33. The molecule has 2 N–H and O–H groups in total. The van der Waals surface area contributed by atoms with E-state index in [2.05, 4.69) is 20.5 Å². The van der Waals surface area contributed by atoms with Gasteiger partial charge in [-0.2, -0.15) is 0 Å². The van der Waals surface area contributed by atoms with Crippen LogP contribution < -0.4 is 5.32 Å². The maximum atomic E-state index is 11.9. The summed E-state index contributed by atoms with van der Waals surface area (Å²) in [4.78, 5) is 14.1. The summed E-state index contributed by atoms with van der Waals surface area (Å²) in [7, 11) is 0. The normalized spacial score (nSPS) is 21.1. The summed E-state index contributed by atoms with van der Waals surface area (Å²) in [5.41, 5.74) is 2.52. The Morgan fingerprint density at radius 3 is 3.04 bits per heavy atom. The number of rotatable bonds is 5. The van der Waals surface area contributed by atoms with E-state index >= 15 is 0 Å². The number of nitrogens with zero attached hydrogens (tertiary/aromatic N) is 3. The number of aliphatic hydroxyl groups excluding tert-OH is 1. The predicted molar refractivity (Wildman–Crippen MR) is 92.2 cm³/mol. The van der Waals surface area contributed by atoms with E-state index in [-0.39, 0.29) is 17.6 Å². The molecule has 0 radical (unpaired) electrons. The molecular weight excluding hydrogens is 336 g/mol. The lowest BCUT2D eigenvalue weighted by Crippen LogP contribution is -2.47. The third-order valence-electron chi connectivity index (χ3n) is 4.84. The molecule has 0 spiro atoms. The molecule has 1 fully saturated rings. The summed E-state index contributed by atoms with van der Waals surface area (Å²) in [5.74, 6) is 0.0516. The molecule has 2 aromatic heterocycles.